The molecule has 2 aliphatic rings. The number of benzene rings is 2. The Labute approximate surface area is 223 Å². The van der Waals surface area contributed by atoms with E-state index in [1.54, 1.807) is 37.8 Å². The van der Waals surface area contributed by atoms with E-state index >= 15 is 0 Å². The van der Waals surface area contributed by atoms with Gasteiger partial charge in [0.2, 0.25) is 0 Å². The van der Waals surface area contributed by atoms with E-state index in [2.05, 4.69) is 4.99 Å². The molecule has 39 heavy (non-hydrogen) atoms. The quantitative estimate of drug-likeness (QED) is 0.202. The van der Waals surface area contributed by atoms with Crippen LogP contribution in [0.15, 0.2) is 58.3 Å². The molecular weight excluding hydrogens is 500 g/mol. The molecule has 2 aromatic heterocycles. The fraction of sp³-hybridized carbons (Fsp3) is 0.241. The number of nitrogens with zero attached hydrogens (tertiary/aromatic N) is 3. The number of pyridine rings is 2. The van der Waals surface area contributed by atoms with Gasteiger partial charge in [-0.2, -0.15) is 0 Å². The molecule has 2 aromatic carbocycles. The first-order valence-electron chi connectivity index (χ1n) is 12.5. The smallest absolute Gasteiger partial charge is 0.343 e. The number of hydrogen-bond acceptors (Lipinski definition) is 8. The lowest BCUT2D eigenvalue weighted by Gasteiger charge is -2.31. The van der Waals surface area contributed by atoms with Gasteiger partial charge in [-0.15, -0.1) is 0 Å². The second kappa shape index (κ2) is 8.95. The maximum absolute atomic E-state index is 13.4. The second-order valence-corrected chi connectivity index (χ2v) is 9.51. The number of rotatable bonds is 5. The van der Waals surface area contributed by atoms with E-state index in [1.807, 2.05) is 36.4 Å². The molecule has 4 aromatic rings. The summed E-state index contributed by atoms with van der Waals surface area (Å²) in [4.78, 5) is 35.3. The van der Waals surface area contributed by atoms with Crippen molar-refractivity contribution < 1.29 is 24.1 Å². The molecule has 4 heterocycles. The minimum atomic E-state index is -1.87. The molecule has 6 rings (SSSR count). The predicted molar refractivity (Wildman–Crippen MR) is 144 cm³/mol. The number of esters is 1. The maximum Gasteiger partial charge on any atom is 0.343 e. The summed E-state index contributed by atoms with van der Waals surface area (Å²) in [5.74, 6) is 0.780. The Balaban J connectivity index is 1.47. The standard InChI is InChI=1S/C29H26N4O6/c1-4-29(36)20-12-23-24-16(13-33(23)27(34)19(20)14-39-28(29)35)11-18-21(31-24)9-10-22(25(18)38-3)32-26(30)15-5-7-17(37-2)8-6-15/h5-12,36H,4,13-14H2,1-3H3,(H2,30,32)/t29-/m0/s1. The van der Waals surface area contributed by atoms with Gasteiger partial charge in [-0.3, -0.25) is 4.79 Å². The van der Waals surface area contributed by atoms with Crippen molar-refractivity contribution in [2.24, 2.45) is 10.7 Å². The van der Waals surface area contributed by atoms with Crippen LogP contribution in [-0.2, 0) is 28.3 Å². The molecule has 0 unspecified atom stereocenters. The van der Waals surface area contributed by atoms with Gasteiger partial charge in [0.15, 0.2) is 11.4 Å². The van der Waals surface area contributed by atoms with Gasteiger partial charge in [0, 0.05) is 22.1 Å². The maximum atomic E-state index is 13.4. The number of aliphatic imine (C=N–C) groups is 1. The highest BCUT2D eigenvalue weighted by atomic mass is 16.6. The van der Waals surface area contributed by atoms with E-state index in [1.165, 1.54) is 0 Å². The van der Waals surface area contributed by atoms with Gasteiger partial charge >= 0.3 is 5.97 Å². The fourth-order valence-electron chi connectivity index (χ4n) is 5.27. The number of aromatic nitrogens is 2. The fourth-order valence-corrected chi connectivity index (χ4v) is 5.27. The summed E-state index contributed by atoms with van der Waals surface area (Å²) in [5.41, 5.74) is 8.53. The first-order chi connectivity index (χ1) is 18.8. The SMILES string of the molecule is CC[C@@]1(O)C(=O)OCc2c1cc1n(c2=O)Cc2cc3c(OC)c(N=C(N)c4ccc(OC)cc4)ccc3nc2-1. The average molecular weight is 527 g/mol. The Morgan fingerprint density at radius 2 is 1.92 bits per heavy atom. The van der Waals surface area contributed by atoms with Crippen molar-refractivity contribution in [2.75, 3.05) is 14.2 Å². The van der Waals surface area contributed by atoms with Crippen LogP contribution in [0.1, 0.15) is 35.6 Å². The molecular formula is C29H26N4O6. The highest BCUT2D eigenvalue weighted by Gasteiger charge is 2.45. The van der Waals surface area contributed by atoms with Crippen LogP contribution in [0.25, 0.3) is 22.3 Å². The number of amidine groups is 1. The van der Waals surface area contributed by atoms with Crippen molar-refractivity contribution in [1.82, 2.24) is 9.55 Å². The Kier molecular flexibility index (Phi) is 5.65. The highest BCUT2D eigenvalue weighted by Crippen LogP contribution is 2.41. The number of carbonyl (C=O) groups is 1. The van der Waals surface area contributed by atoms with E-state index in [9.17, 15) is 14.7 Å². The number of hydrogen-bond donors (Lipinski definition) is 2. The number of fused-ring (bicyclic) bond motifs is 5. The van der Waals surface area contributed by atoms with Gasteiger partial charge in [0.1, 0.15) is 23.9 Å². The van der Waals surface area contributed by atoms with Crippen molar-refractivity contribution in [2.45, 2.75) is 32.1 Å². The van der Waals surface area contributed by atoms with E-state index in [4.69, 9.17) is 24.9 Å². The van der Waals surface area contributed by atoms with Crippen molar-refractivity contribution in [1.29, 1.82) is 0 Å². The zero-order valence-electron chi connectivity index (χ0n) is 21.6. The van der Waals surface area contributed by atoms with Crippen LogP contribution in [0.4, 0.5) is 5.69 Å². The molecule has 0 radical (unpaired) electrons. The first-order valence-corrected chi connectivity index (χ1v) is 12.5. The molecule has 0 saturated heterocycles. The van der Waals surface area contributed by atoms with E-state index in [0.717, 1.165) is 11.1 Å². The summed E-state index contributed by atoms with van der Waals surface area (Å²) in [6, 6.07) is 14.5. The van der Waals surface area contributed by atoms with Gasteiger partial charge in [-0.25, -0.2) is 14.8 Å². The van der Waals surface area contributed by atoms with Crippen molar-refractivity contribution in [3.05, 3.63) is 81.1 Å². The topological polar surface area (TPSA) is 138 Å². The summed E-state index contributed by atoms with van der Waals surface area (Å²) in [5, 5.41) is 11.8. The number of methoxy groups -OCH3 is 2. The Bertz CT molecular complexity index is 1760. The third kappa shape index (κ3) is 3.67. The molecule has 10 nitrogen and oxygen atoms in total. The molecule has 0 saturated carbocycles. The minimum Gasteiger partial charge on any atom is -0.497 e. The lowest BCUT2D eigenvalue weighted by atomic mass is 9.86. The molecule has 0 bridgehead atoms. The predicted octanol–water partition coefficient (Wildman–Crippen LogP) is 3.13. The van der Waals surface area contributed by atoms with E-state index < -0.39 is 11.6 Å². The second-order valence-electron chi connectivity index (χ2n) is 9.51. The van der Waals surface area contributed by atoms with Gasteiger partial charge in [-0.1, -0.05) is 6.92 Å². The number of ether oxygens (including phenoxy) is 3. The zero-order chi connectivity index (χ0) is 27.5. The van der Waals surface area contributed by atoms with Crippen molar-refractivity contribution in [3.63, 3.8) is 0 Å². The molecule has 0 fully saturated rings. The molecule has 2 aliphatic heterocycles. The summed E-state index contributed by atoms with van der Waals surface area (Å²) >= 11 is 0. The van der Waals surface area contributed by atoms with Crippen molar-refractivity contribution in [3.8, 4) is 22.9 Å². The molecule has 1 atom stereocenters. The van der Waals surface area contributed by atoms with Crippen LogP contribution >= 0.6 is 0 Å². The molecule has 0 amide bonds. The van der Waals surface area contributed by atoms with Gasteiger partial charge in [-0.05, 0) is 55.0 Å². The summed E-state index contributed by atoms with van der Waals surface area (Å²) < 4.78 is 17.7. The number of aliphatic hydroxyl groups is 1. The van der Waals surface area contributed by atoms with Crippen LogP contribution in [0, 0.1) is 0 Å². The monoisotopic (exact) mass is 526 g/mol. The largest absolute Gasteiger partial charge is 0.497 e. The minimum absolute atomic E-state index is 0.0832. The Morgan fingerprint density at radius 1 is 1.15 bits per heavy atom. The number of carbonyl (C=O) groups excluding carboxylic acids is 1. The van der Waals surface area contributed by atoms with Gasteiger partial charge in [0.25, 0.3) is 5.56 Å². The third-order valence-electron chi connectivity index (χ3n) is 7.45. The molecule has 0 spiro atoms. The Hall–Kier alpha value is -4.70. The van der Waals surface area contributed by atoms with Crippen molar-refractivity contribution >= 4 is 28.4 Å². The third-order valence-corrected chi connectivity index (χ3v) is 7.45. The Morgan fingerprint density at radius 3 is 2.62 bits per heavy atom. The highest BCUT2D eigenvalue weighted by molar-refractivity contribution is 6.01. The van der Waals surface area contributed by atoms with Crippen LogP contribution in [0.5, 0.6) is 11.5 Å². The number of nitrogens with two attached hydrogens (primary N) is 1. The van der Waals surface area contributed by atoms with Crippen LogP contribution in [-0.4, -0.2) is 40.7 Å². The summed E-state index contributed by atoms with van der Waals surface area (Å²) in [7, 11) is 3.15. The van der Waals surface area contributed by atoms with Crippen LogP contribution < -0.4 is 20.8 Å². The molecule has 0 aliphatic carbocycles. The normalized spacial score (nSPS) is 17.8. The van der Waals surface area contributed by atoms with Crippen LogP contribution in [0.3, 0.4) is 0 Å². The van der Waals surface area contributed by atoms with Crippen LogP contribution in [0.2, 0.25) is 0 Å². The van der Waals surface area contributed by atoms with E-state index in [-0.39, 0.29) is 36.3 Å². The average Bonchev–Trinajstić information content (AvgIpc) is 3.32. The molecule has 10 heteroatoms. The lowest BCUT2D eigenvalue weighted by Crippen LogP contribution is -2.44. The number of cyclic esters (lactones) is 1. The van der Waals surface area contributed by atoms with Gasteiger partial charge < -0.3 is 29.6 Å². The van der Waals surface area contributed by atoms with Gasteiger partial charge in [0.05, 0.1) is 43.2 Å². The lowest BCUT2D eigenvalue weighted by molar-refractivity contribution is -0.172. The van der Waals surface area contributed by atoms with E-state index in [0.29, 0.717) is 45.3 Å². The molecule has 3 N–H and O–H groups in total. The first kappa shape index (κ1) is 24.6. The summed E-state index contributed by atoms with van der Waals surface area (Å²) in [6.45, 7) is 1.78. The summed E-state index contributed by atoms with van der Waals surface area (Å²) in [6.07, 6.45) is 0.0832. The molecule has 198 valence electrons. The zero-order valence-corrected chi connectivity index (χ0v) is 21.6.